The third-order valence-corrected chi connectivity index (χ3v) is 7.06. The molecule has 3 aromatic rings. The summed E-state index contributed by atoms with van der Waals surface area (Å²) in [7, 11) is 4.49. The Morgan fingerprint density at radius 3 is 1.82 bits per heavy atom. The zero-order valence-electron chi connectivity index (χ0n) is 22.3. The topological polar surface area (TPSA) is 123 Å². The van der Waals surface area contributed by atoms with Crippen molar-refractivity contribution in [3.05, 3.63) is 78.4 Å². The van der Waals surface area contributed by atoms with E-state index in [-0.39, 0.29) is 6.42 Å². The van der Waals surface area contributed by atoms with Gasteiger partial charge in [-0.05, 0) is 48.9 Å². The van der Waals surface area contributed by atoms with Crippen LogP contribution in [0.5, 0.6) is 17.2 Å². The van der Waals surface area contributed by atoms with Gasteiger partial charge in [0.25, 0.3) is 0 Å². The third kappa shape index (κ3) is 5.73. The Morgan fingerprint density at radius 2 is 1.31 bits per heavy atom. The number of hydrogen-bond donors (Lipinski definition) is 3. The van der Waals surface area contributed by atoms with E-state index < -0.39 is 41.0 Å². The minimum absolute atomic E-state index is 0.381. The van der Waals surface area contributed by atoms with Gasteiger partial charge in [0.05, 0.1) is 44.2 Å². The number of benzene rings is 3. The van der Waals surface area contributed by atoms with E-state index in [2.05, 4.69) is 10.6 Å². The normalized spacial score (nSPS) is 22.5. The molecule has 1 fully saturated rings. The van der Waals surface area contributed by atoms with E-state index in [4.69, 9.17) is 14.2 Å². The first-order valence-electron chi connectivity index (χ1n) is 12.5. The predicted octanol–water partition coefficient (Wildman–Crippen LogP) is 4.03. The van der Waals surface area contributed by atoms with Crippen molar-refractivity contribution in [3.8, 4) is 17.2 Å². The van der Waals surface area contributed by atoms with E-state index >= 15 is 0 Å². The molecular formula is C30H32N2O7. The van der Waals surface area contributed by atoms with Crippen LogP contribution in [0.25, 0.3) is 0 Å². The second-order valence-corrected chi connectivity index (χ2v) is 9.63. The van der Waals surface area contributed by atoms with Gasteiger partial charge in [-0.2, -0.15) is 0 Å². The number of aliphatic hydroxyl groups is 1. The van der Waals surface area contributed by atoms with Gasteiger partial charge in [-0.25, -0.2) is 0 Å². The van der Waals surface area contributed by atoms with Crippen molar-refractivity contribution in [2.24, 2.45) is 11.8 Å². The second-order valence-electron chi connectivity index (χ2n) is 9.63. The summed E-state index contributed by atoms with van der Waals surface area (Å²) in [5.41, 5.74) is -0.418. The van der Waals surface area contributed by atoms with Gasteiger partial charge in [0, 0.05) is 12.3 Å². The van der Waals surface area contributed by atoms with E-state index in [0.29, 0.717) is 34.2 Å². The summed E-state index contributed by atoms with van der Waals surface area (Å²) in [5, 5.41) is 17.1. The lowest BCUT2D eigenvalue weighted by atomic mass is 9.61. The third-order valence-electron chi connectivity index (χ3n) is 7.06. The molecule has 204 valence electrons. The van der Waals surface area contributed by atoms with Crippen LogP contribution in [0.15, 0.2) is 72.8 Å². The first-order valence-corrected chi connectivity index (χ1v) is 12.5. The molecule has 1 saturated carbocycles. The number of para-hydroxylation sites is 4. The van der Waals surface area contributed by atoms with Gasteiger partial charge in [-0.15, -0.1) is 0 Å². The van der Waals surface area contributed by atoms with Crippen molar-refractivity contribution in [1.29, 1.82) is 0 Å². The van der Waals surface area contributed by atoms with Crippen LogP contribution in [0.3, 0.4) is 0 Å². The Hall–Kier alpha value is -4.37. The van der Waals surface area contributed by atoms with Crippen molar-refractivity contribution in [2.45, 2.75) is 24.9 Å². The Kier molecular flexibility index (Phi) is 8.21. The van der Waals surface area contributed by atoms with Crippen LogP contribution in [0.2, 0.25) is 0 Å². The Labute approximate surface area is 227 Å². The number of rotatable bonds is 8. The molecule has 0 spiro atoms. The van der Waals surface area contributed by atoms with Crippen LogP contribution in [0.1, 0.15) is 24.8 Å². The minimum atomic E-state index is -1.74. The predicted molar refractivity (Wildman–Crippen MR) is 146 cm³/mol. The summed E-state index contributed by atoms with van der Waals surface area (Å²) < 4.78 is 16.0. The lowest BCUT2D eigenvalue weighted by molar-refractivity contribution is -0.150. The smallest absolute Gasteiger partial charge is 0.235 e. The molecule has 4 rings (SSSR count). The molecule has 0 radical (unpaired) electrons. The van der Waals surface area contributed by atoms with Gasteiger partial charge in [-0.1, -0.05) is 36.4 Å². The van der Waals surface area contributed by atoms with E-state index in [0.717, 1.165) is 0 Å². The Balaban J connectivity index is 1.79. The molecule has 0 saturated heterocycles. The maximum Gasteiger partial charge on any atom is 0.235 e. The number of nitrogens with one attached hydrogen (secondary N) is 2. The van der Waals surface area contributed by atoms with Crippen LogP contribution in [-0.4, -0.2) is 49.6 Å². The van der Waals surface area contributed by atoms with Gasteiger partial charge in [0.1, 0.15) is 28.9 Å². The molecule has 0 heterocycles. The Bertz CT molecular complexity index is 1350. The SMILES string of the molecule is COc1ccc([C@@H]2[C@H](C(=O)Nc3ccccc3OC)C(=O)C[C@](C)(O)[C@@H]2C(=O)Nc2ccccc2OC)cc1. The zero-order valence-corrected chi connectivity index (χ0v) is 22.3. The summed E-state index contributed by atoms with van der Waals surface area (Å²) in [6.45, 7) is 1.45. The number of hydrogen-bond acceptors (Lipinski definition) is 7. The Morgan fingerprint density at radius 1 is 0.795 bits per heavy atom. The molecule has 4 atom stereocenters. The summed E-state index contributed by atoms with van der Waals surface area (Å²) >= 11 is 0. The minimum Gasteiger partial charge on any atom is -0.497 e. The molecule has 39 heavy (non-hydrogen) atoms. The van der Waals surface area contributed by atoms with Crippen molar-refractivity contribution in [1.82, 2.24) is 0 Å². The fourth-order valence-corrected chi connectivity index (χ4v) is 5.23. The number of Topliss-reactive ketones (excluding diaryl/α,β-unsaturated/α-hetero) is 1. The number of carbonyl (C=O) groups excluding carboxylic acids is 3. The molecule has 0 aromatic heterocycles. The number of ketones is 1. The molecule has 0 unspecified atom stereocenters. The first kappa shape index (κ1) is 27.7. The molecule has 1 aliphatic rings. The fourth-order valence-electron chi connectivity index (χ4n) is 5.23. The van der Waals surface area contributed by atoms with Crippen molar-refractivity contribution in [2.75, 3.05) is 32.0 Å². The monoisotopic (exact) mass is 532 g/mol. The van der Waals surface area contributed by atoms with Crippen LogP contribution in [0.4, 0.5) is 11.4 Å². The molecule has 9 nitrogen and oxygen atoms in total. The lowest BCUT2D eigenvalue weighted by Crippen LogP contribution is -2.56. The lowest BCUT2D eigenvalue weighted by Gasteiger charge is -2.44. The van der Waals surface area contributed by atoms with E-state index in [1.165, 1.54) is 28.3 Å². The van der Waals surface area contributed by atoms with Gasteiger partial charge < -0.3 is 30.0 Å². The highest BCUT2D eigenvalue weighted by Crippen LogP contribution is 2.47. The zero-order chi connectivity index (χ0) is 28.2. The highest BCUT2D eigenvalue weighted by Gasteiger charge is 2.56. The number of carbonyl (C=O) groups is 3. The number of anilines is 2. The number of amides is 2. The average molecular weight is 533 g/mol. The van der Waals surface area contributed by atoms with Gasteiger partial charge in [-0.3, -0.25) is 14.4 Å². The number of methoxy groups -OCH3 is 3. The molecule has 9 heteroatoms. The van der Waals surface area contributed by atoms with E-state index in [1.54, 1.807) is 72.8 Å². The molecule has 0 aliphatic heterocycles. The van der Waals surface area contributed by atoms with Crippen molar-refractivity contribution < 1.29 is 33.7 Å². The summed E-state index contributed by atoms with van der Waals surface area (Å²) in [6, 6.07) is 20.5. The molecular weight excluding hydrogens is 500 g/mol. The molecule has 1 aliphatic carbocycles. The maximum atomic E-state index is 13.9. The van der Waals surface area contributed by atoms with Gasteiger partial charge in [0.15, 0.2) is 0 Å². The molecule has 3 aromatic carbocycles. The average Bonchev–Trinajstić information content (AvgIpc) is 2.92. The van der Waals surface area contributed by atoms with Crippen LogP contribution >= 0.6 is 0 Å². The largest absolute Gasteiger partial charge is 0.497 e. The summed E-state index contributed by atoms with van der Waals surface area (Å²) in [4.78, 5) is 41.1. The fraction of sp³-hybridized carbons (Fsp3) is 0.300. The standard InChI is InChI=1S/C30H32N2O7/c1-30(36)17-22(33)26(28(34)31-20-9-5-7-11-23(20)38-3)25(18-13-15-19(37-2)16-14-18)27(30)29(35)32-21-10-6-8-12-24(21)39-4/h5-16,25-27,36H,17H2,1-4H3,(H,31,34)(H,32,35)/t25-,26-,27+,30+/m1/s1. The van der Waals surface area contributed by atoms with Crippen LogP contribution in [-0.2, 0) is 14.4 Å². The highest BCUT2D eigenvalue weighted by molar-refractivity contribution is 6.11. The maximum absolute atomic E-state index is 13.9. The highest BCUT2D eigenvalue weighted by atomic mass is 16.5. The second kappa shape index (κ2) is 11.6. The summed E-state index contributed by atoms with van der Waals surface area (Å²) in [6.07, 6.45) is -0.381. The molecule has 2 amide bonds. The molecule has 0 bridgehead atoms. The number of ether oxygens (including phenoxy) is 3. The van der Waals surface area contributed by atoms with Crippen LogP contribution < -0.4 is 24.8 Å². The summed E-state index contributed by atoms with van der Waals surface area (Å²) in [5.74, 6) is -3.62. The molecule has 3 N–H and O–H groups in total. The quantitative estimate of drug-likeness (QED) is 0.374. The van der Waals surface area contributed by atoms with Gasteiger partial charge in [0.2, 0.25) is 11.8 Å². The van der Waals surface area contributed by atoms with E-state index in [1.807, 2.05) is 0 Å². The van der Waals surface area contributed by atoms with Crippen molar-refractivity contribution >= 4 is 29.0 Å². The first-order chi connectivity index (χ1) is 18.7. The van der Waals surface area contributed by atoms with Crippen LogP contribution in [0, 0.1) is 11.8 Å². The van der Waals surface area contributed by atoms with Gasteiger partial charge >= 0.3 is 0 Å². The van der Waals surface area contributed by atoms with E-state index in [9.17, 15) is 19.5 Å². The van der Waals surface area contributed by atoms with Crippen molar-refractivity contribution in [3.63, 3.8) is 0 Å².